The Kier molecular flexibility index (Phi) is 9.84. The van der Waals surface area contributed by atoms with Gasteiger partial charge in [0.1, 0.15) is 0 Å². The Morgan fingerprint density at radius 2 is 0.970 bits per heavy atom. The third-order valence-corrected chi connectivity index (χ3v) is 5.11. The summed E-state index contributed by atoms with van der Waals surface area (Å²) in [6, 6.07) is 7.35. The van der Waals surface area contributed by atoms with Crippen molar-refractivity contribution in [2.45, 2.75) is 46.0 Å². The maximum Gasteiger partial charge on any atom is 0.513 e. The summed E-state index contributed by atoms with van der Waals surface area (Å²) in [6.07, 6.45) is 2.35. The van der Waals surface area contributed by atoms with Crippen molar-refractivity contribution in [3.05, 3.63) is 46.5 Å². The minimum Gasteiger partial charge on any atom is -0.493 e. The average Bonchev–Trinajstić information content (AvgIpc) is 2.81. The second kappa shape index (κ2) is 12.6. The van der Waals surface area contributed by atoms with Gasteiger partial charge in [-0.2, -0.15) is 0 Å². The second-order valence-corrected chi connectivity index (χ2v) is 7.33. The molecule has 0 aliphatic rings. The fourth-order valence-corrected chi connectivity index (χ4v) is 3.57. The molecule has 33 heavy (non-hydrogen) atoms. The Labute approximate surface area is 194 Å². The van der Waals surface area contributed by atoms with Crippen LogP contribution < -0.4 is 18.9 Å². The molecule has 0 aromatic heterocycles. The molecule has 2 aromatic rings. The molecular weight excluding hydrogens is 428 g/mol. The molecule has 0 atom stereocenters. The highest BCUT2D eigenvalue weighted by atomic mass is 16.7. The molecule has 0 heterocycles. The van der Waals surface area contributed by atoms with Crippen molar-refractivity contribution in [3.63, 3.8) is 0 Å². The van der Waals surface area contributed by atoms with Crippen molar-refractivity contribution in [3.8, 4) is 23.0 Å². The third kappa shape index (κ3) is 6.78. The van der Waals surface area contributed by atoms with Gasteiger partial charge in [-0.1, -0.05) is 26.7 Å². The number of methoxy groups -OCH3 is 4. The van der Waals surface area contributed by atoms with E-state index in [1.54, 1.807) is 12.1 Å². The summed E-state index contributed by atoms with van der Waals surface area (Å²) in [6.45, 7) is 4.18. The lowest BCUT2D eigenvalue weighted by Crippen LogP contribution is -2.11. The molecule has 8 heteroatoms. The van der Waals surface area contributed by atoms with Crippen LogP contribution in [0.2, 0.25) is 0 Å². The molecule has 8 nitrogen and oxygen atoms in total. The molecule has 0 amide bonds. The van der Waals surface area contributed by atoms with Crippen LogP contribution in [0.15, 0.2) is 24.3 Å². The first kappa shape index (κ1) is 25.8. The second-order valence-electron chi connectivity index (χ2n) is 7.33. The summed E-state index contributed by atoms with van der Waals surface area (Å²) in [4.78, 5) is 23.5. The first-order valence-corrected chi connectivity index (χ1v) is 10.8. The van der Waals surface area contributed by atoms with E-state index in [0.29, 0.717) is 17.9 Å². The quantitative estimate of drug-likeness (QED) is 0.340. The zero-order valence-electron chi connectivity index (χ0n) is 20.1. The molecule has 0 saturated heterocycles. The van der Waals surface area contributed by atoms with Crippen LogP contribution in [0.4, 0.5) is 9.59 Å². The molecule has 2 aromatic carbocycles. The number of ether oxygens (including phenoxy) is 6. The van der Waals surface area contributed by atoms with Crippen LogP contribution in [0.25, 0.3) is 0 Å². The molecular formula is C25H32O8. The number of aryl methyl sites for hydroxylation is 2. The molecule has 0 spiro atoms. The SMILES string of the molecule is CCCc1cc(OC)c(OC(=O)OC)cc1Cc1cc(OC(=O)OC)c(OC)cc1CCC. The number of carbonyl (C=O) groups is 2. The van der Waals surface area contributed by atoms with Crippen LogP contribution in [-0.4, -0.2) is 40.7 Å². The fraction of sp³-hybridized carbons (Fsp3) is 0.440. The van der Waals surface area contributed by atoms with Crippen molar-refractivity contribution in [2.24, 2.45) is 0 Å². The monoisotopic (exact) mass is 460 g/mol. The molecule has 0 bridgehead atoms. The van der Waals surface area contributed by atoms with Gasteiger partial charge in [0, 0.05) is 0 Å². The van der Waals surface area contributed by atoms with Crippen molar-refractivity contribution >= 4 is 12.3 Å². The zero-order chi connectivity index (χ0) is 24.4. The number of rotatable bonds is 10. The first-order chi connectivity index (χ1) is 15.9. The van der Waals surface area contributed by atoms with Crippen LogP contribution in [0.5, 0.6) is 23.0 Å². The van der Waals surface area contributed by atoms with Crippen molar-refractivity contribution < 1.29 is 38.0 Å². The van der Waals surface area contributed by atoms with E-state index in [1.165, 1.54) is 28.4 Å². The van der Waals surface area contributed by atoms with E-state index in [-0.39, 0.29) is 11.5 Å². The highest BCUT2D eigenvalue weighted by molar-refractivity contribution is 5.67. The Hall–Kier alpha value is -3.42. The standard InChI is InChI=1S/C25H32O8/c1-7-9-16-12-20(28-3)22(32-24(26)30-5)14-18(16)11-19-15-23(33-25(27)31-6)21(29-4)13-17(19)10-8-2/h12-15H,7-11H2,1-6H3. The minimum absolute atomic E-state index is 0.274. The molecule has 0 radical (unpaired) electrons. The topological polar surface area (TPSA) is 89.5 Å². The minimum atomic E-state index is -0.827. The van der Waals surface area contributed by atoms with Crippen molar-refractivity contribution in [2.75, 3.05) is 28.4 Å². The van der Waals surface area contributed by atoms with E-state index in [1.807, 2.05) is 12.1 Å². The third-order valence-electron chi connectivity index (χ3n) is 5.11. The highest BCUT2D eigenvalue weighted by Crippen LogP contribution is 2.36. The lowest BCUT2D eigenvalue weighted by molar-refractivity contribution is 0.119. The van der Waals surface area contributed by atoms with E-state index >= 15 is 0 Å². The van der Waals surface area contributed by atoms with Gasteiger partial charge in [-0.3, -0.25) is 0 Å². The van der Waals surface area contributed by atoms with E-state index in [2.05, 4.69) is 23.3 Å². The maximum absolute atomic E-state index is 11.7. The number of benzene rings is 2. The normalized spacial score (nSPS) is 10.4. The summed E-state index contributed by atoms with van der Waals surface area (Å²) in [5.41, 5.74) is 4.06. The van der Waals surface area contributed by atoms with E-state index < -0.39 is 12.3 Å². The smallest absolute Gasteiger partial charge is 0.493 e. The predicted octanol–water partition coefficient (Wildman–Crippen LogP) is 5.49. The van der Waals surface area contributed by atoms with Crippen molar-refractivity contribution in [1.29, 1.82) is 0 Å². The average molecular weight is 461 g/mol. The zero-order valence-corrected chi connectivity index (χ0v) is 20.1. The van der Waals surface area contributed by atoms with Crippen LogP contribution in [0, 0.1) is 0 Å². The maximum atomic E-state index is 11.7. The highest BCUT2D eigenvalue weighted by Gasteiger charge is 2.19. The molecule has 0 aliphatic carbocycles. The fourth-order valence-electron chi connectivity index (χ4n) is 3.57. The van der Waals surface area contributed by atoms with Gasteiger partial charge >= 0.3 is 12.3 Å². The van der Waals surface area contributed by atoms with Gasteiger partial charge in [0.25, 0.3) is 0 Å². The lowest BCUT2D eigenvalue weighted by atomic mass is 9.92. The molecule has 0 aliphatic heterocycles. The van der Waals surface area contributed by atoms with Crippen molar-refractivity contribution in [1.82, 2.24) is 0 Å². The van der Waals surface area contributed by atoms with Gasteiger partial charge in [0.15, 0.2) is 23.0 Å². The molecule has 0 unspecified atom stereocenters. The van der Waals surface area contributed by atoms with Crippen LogP contribution >= 0.6 is 0 Å². The van der Waals surface area contributed by atoms with Crippen LogP contribution in [0.3, 0.4) is 0 Å². The molecule has 0 N–H and O–H groups in total. The van der Waals surface area contributed by atoms with E-state index in [4.69, 9.17) is 18.9 Å². The van der Waals surface area contributed by atoms with Gasteiger partial charge in [-0.15, -0.1) is 0 Å². The number of hydrogen-bond acceptors (Lipinski definition) is 8. The van der Waals surface area contributed by atoms with Gasteiger partial charge in [0.2, 0.25) is 0 Å². The first-order valence-electron chi connectivity index (χ1n) is 10.8. The van der Waals surface area contributed by atoms with Crippen LogP contribution in [-0.2, 0) is 28.7 Å². The summed E-state index contributed by atoms with van der Waals surface area (Å²) in [7, 11) is 5.54. The Balaban J connectivity index is 2.59. The summed E-state index contributed by atoms with van der Waals surface area (Å²) in [5.74, 6) is 1.45. The lowest BCUT2D eigenvalue weighted by Gasteiger charge is -2.18. The van der Waals surface area contributed by atoms with Gasteiger partial charge in [-0.05, 0) is 65.8 Å². The van der Waals surface area contributed by atoms with Gasteiger partial charge < -0.3 is 28.4 Å². The summed E-state index contributed by atoms with van der Waals surface area (Å²) in [5, 5.41) is 0. The number of carbonyl (C=O) groups excluding carboxylic acids is 2. The van der Waals surface area contributed by atoms with Crippen LogP contribution in [0.1, 0.15) is 48.9 Å². The Morgan fingerprint density at radius 3 is 1.27 bits per heavy atom. The molecule has 0 fully saturated rings. The molecule has 180 valence electrons. The number of hydrogen-bond donors (Lipinski definition) is 0. The van der Waals surface area contributed by atoms with Gasteiger partial charge in [-0.25, -0.2) is 9.59 Å². The molecule has 0 saturated carbocycles. The van der Waals surface area contributed by atoms with E-state index in [0.717, 1.165) is 47.9 Å². The predicted molar refractivity (Wildman–Crippen MR) is 123 cm³/mol. The van der Waals surface area contributed by atoms with Gasteiger partial charge in [0.05, 0.1) is 28.4 Å². The Morgan fingerprint density at radius 1 is 0.606 bits per heavy atom. The molecule has 2 rings (SSSR count). The largest absolute Gasteiger partial charge is 0.513 e. The summed E-state index contributed by atoms with van der Waals surface area (Å²) >= 11 is 0. The van der Waals surface area contributed by atoms with E-state index in [9.17, 15) is 9.59 Å². The summed E-state index contributed by atoms with van der Waals surface area (Å²) < 4.78 is 30.8. The Bertz CT molecular complexity index is 890.